The van der Waals surface area contributed by atoms with E-state index in [0.717, 1.165) is 6.42 Å². The molecule has 3 N–H and O–H groups in total. The average Bonchev–Trinajstić information content (AvgIpc) is 2.67. The standard InChI is InChI=1S/C11H20N2O4/c1-3-7(2)12-5-10(15)13-6-8(14)4-9(13)11(16)17/h7-9,12,14H,3-6H2,1-2H3,(H,16,17)/t7?,8-,9-/m0/s1. The summed E-state index contributed by atoms with van der Waals surface area (Å²) in [7, 11) is 0. The molecule has 3 atom stereocenters. The van der Waals surface area contributed by atoms with Gasteiger partial charge in [-0.2, -0.15) is 0 Å². The highest BCUT2D eigenvalue weighted by Gasteiger charge is 2.38. The van der Waals surface area contributed by atoms with Crippen LogP contribution in [0.15, 0.2) is 0 Å². The van der Waals surface area contributed by atoms with Crippen LogP contribution in [0.5, 0.6) is 0 Å². The number of hydrogen-bond acceptors (Lipinski definition) is 4. The first-order chi connectivity index (χ1) is 7.95. The normalized spacial score (nSPS) is 25.9. The van der Waals surface area contributed by atoms with Crippen LogP contribution in [0.4, 0.5) is 0 Å². The van der Waals surface area contributed by atoms with Gasteiger partial charge in [-0.3, -0.25) is 4.79 Å². The van der Waals surface area contributed by atoms with Gasteiger partial charge in [-0.1, -0.05) is 6.92 Å². The van der Waals surface area contributed by atoms with Crippen LogP contribution in [0.25, 0.3) is 0 Å². The van der Waals surface area contributed by atoms with Crippen molar-refractivity contribution in [3.05, 3.63) is 0 Å². The zero-order valence-electron chi connectivity index (χ0n) is 10.2. The van der Waals surface area contributed by atoms with Crippen LogP contribution in [0.1, 0.15) is 26.7 Å². The number of hydrogen-bond donors (Lipinski definition) is 3. The highest BCUT2D eigenvalue weighted by atomic mass is 16.4. The minimum atomic E-state index is -1.06. The maximum atomic E-state index is 11.8. The van der Waals surface area contributed by atoms with E-state index in [0.29, 0.717) is 0 Å². The number of aliphatic hydroxyl groups is 1. The van der Waals surface area contributed by atoms with E-state index in [2.05, 4.69) is 5.32 Å². The summed E-state index contributed by atoms with van der Waals surface area (Å²) >= 11 is 0. The van der Waals surface area contributed by atoms with E-state index < -0.39 is 18.1 Å². The molecule has 0 aromatic rings. The molecule has 1 aliphatic rings. The molecule has 0 saturated carbocycles. The quantitative estimate of drug-likeness (QED) is 0.602. The first kappa shape index (κ1) is 13.9. The van der Waals surface area contributed by atoms with E-state index in [1.54, 1.807) is 0 Å². The van der Waals surface area contributed by atoms with Crippen LogP contribution in [0.2, 0.25) is 0 Å². The summed E-state index contributed by atoms with van der Waals surface area (Å²) in [4.78, 5) is 24.0. The molecule has 98 valence electrons. The van der Waals surface area contributed by atoms with Gasteiger partial charge in [0.1, 0.15) is 6.04 Å². The van der Waals surface area contributed by atoms with Crippen molar-refractivity contribution in [2.24, 2.45) is 0 Å². The number of nitrogens with one attached hydrogen (secondary N) is 1. The molecule has 0 aromatic heterocycles. The van der Waals surface area contributed by atoms with Crippen molar-refractivity contribution >= 4 is 11.9 Å². The van der Waals surface area contributed by atoms with Gasteiger partial charge in [0.2, 0.25) is 5.91 Å². The number of likely N-dealkylation sites (tertiary alicyclic amines) is 1. The van der Waals surface area contributed by atoms with Crippen LogP contribution in [0.3, 0.4) is 0 Å². The maximum absolute atomic E-state index is 11.8. The average molecular weight is 244 g/mol. The third-order valence-electron chi connectivity index (χ3n) is 3.10. The van der Waals surface area contributed by atoms with Gasteiger partial charge in [0.25, 0.3) is 0 Å². The molecule has 1 unspecified atom stereocenters. The number of aliphatic carboxylic acids is 1. The van der Waals surface area contributed by atoms with E-state index in [4.69, 9.17) is 5.11 Å². The Bertz CT molecular complexity index is 295. The predicted octanol–water partition coefficient (Wildman–Crippen LogP) is -0.579. The first-order valence-electron chi connectivity index (χ1n) is 5.89. The summed E-state index contributed by atoms with van der Waals surface area (Å²) in [5, 5.41) is 21.4. The van der Waals surface area contributed by atoms with Gasteiger partial charge in [0, 0.05) is 19.0 Å². The van der Waals surface area contributed by atoms with Crippen molar-refractivity contribution in [2.45, 2.75) is 44.9 Å². The van der Waals surface area contributed by atoms with Crippen LogP contribution >= 0.6 is 0 Å². The summed E-state index contributed by atoms with van der Waals surface area (Å²) in [6, 6.07) is -0.675. The molecule has 6 nitrogen and oxygen atoms in total. The van der Waals surface area contributed by atoms with E-state index in [9.17, 15) is 14.7 Å². The number of carboxylic acid groups (broad SMARTS) is 1. The molecule has 1 amide bonds. The minimum Gasteiger partial charge on any atom is -0.480 e. The molecule has 0 radical (unpaired) electrons. The number of carbonyl (C=O) groups is 2. The van der Waals surface area contributed by atoms with Crippen LogP contribution in [-0.2, 0) is 9.59 Å². The lowest BCUT2D eigenvalue weighted by Gasteiger charge is -2.22. The molecular weight excluding hydrogens is 224 g/mol. The topological polar surface area (TPSA) is 89.9 Å². The van der Waals surface area contributed by atoms with E-state index in [-0.39, 0.29) is 31.5 Å². The van der Waals surface area contributed by atoms with E-state index in [1.165, 1.54) is 4.90 Å². The molecule has 0 spiro atoms. The zero-order chi connectivity index (χ0) is 13.0. The van der Waals surface area contributed by atoms with Gasteiger partial charge in [0.15, 0.2) is 0 Å². The lowest BCUT2D eigenvalue weighted by molar-refractivity contribution is -0.147. The SMILES string of the molecule is CCC(C)NCC(=O)N1C[C@@H](O)C[C@H]1C(=O)O. The summed E-state index contributed by atoms with van der Waals surface area (Å²) in [5.74, 6) is -1.33. The van der Waals surface area contributed by atoms with Crippen LogP contribution < -0.4 is 5.32 Å². The van der Waals surface area contributed by atoms with Gasteiger partial charge in [-0.15, -0.1) is 0 Å². The number of carbonyl (C=O) groups excluding carboxylic acids is 1. The van der Waals surface area contributed by atoms with Crippen LogP contribution in [-0.4, -0.2) is 58.3 Å². The number of rotatable bonds is 5. The summed E-state index contributed by atoms with van der Waals surface area (Å²) in [5.41, 5.74) is 0. The van der Waals surface area contributed by atoms with Gasteiger partial charge in [0.05, 0.1) is 12.6 Å². The Morgan fingerprint density at radius 3 is 2.71 bits per heavy atom. The highest BCUT2D eigenvalue weighted by Crippen LogP contribution is 2.18. The fourth-order valence-corrected chi connectivity index (χ4v) is 1.83. The number of aliphatic hydroxyl groups excluding tert-OH is 1. The van der Waals surface area contributed by atoms with Crippen molar-refractivity contribution in [3.63, 3.8) is 0 Å². The molecule has 1 heterocycles. The third-order valence-corrected chi connectivity index (χ3v) is 3.10. The largest absolute Gasteiger partial charge is 0.480 e. The molecule has 0 aliphatic carbocycles. The lowest BCUT2D eigenvalue weighted by atomic mass is 10.2. The minimum absolute atomic E-state index is 0.109. The predicted molar refractivity (Wildman–Crippen MR) is 61.5 cm³/mol. The number of amides is 1. The maximum Gasteiger partial charge on any atom is 0.326 e. The Labute approximate surface area is 101 Å². The molecule has 1 saturated heterocycles. The van der Waals surface area contributed by atoms with Gasteiger partial charge >= 0.3 is 5.97 Å². The van der Waals surface area contributed by atoms with Crippen LogP contribution in [0, 0.1) is 0 Å². The van der Waals surface area contributed by atoms with Crippen molar-refractivity contribution in [1.29, 1.82) is 0 Å². The Morgan fingerprint density at radius 2 is 2.18 bits per heavy atom. The second-order valence-electron chi connectivity index (χ2n) is 4.48. The second-order valence-corrected chi connectivity index (χ2v) is 4.48. The Morgan fingerprint density at radius 1 is 1.53 bits per heavy atom. The number of β-amino-alcohol motifs (C(OH)–C–C–N with tert-alkyl or cyclic N) is 1. The van der Waals surface area contributed by atoms with Gasteiger partial charge in [-0.25, -0.2) is 4.79 Å². The molecule has 1 fully saturated rings. The van der Waals surface area contributed by atoms with E-state index >= 15 is 0 Å². The molecule has 0 bridgehead atoms. The Hall–Kier alpha value is -1.14. The lowest BCUT2D eigenvalue weighted by Crippen LogP contribution is -2.46. The highest BCUT2D eigenvalue weighted by molar-refractivity contribution is 5.85. The molecule has 6 heteroatoms. The Balaban J connectivity index is 2.52. The number of nitrogens with zero attached hydrogens (tertiary/aromatic N) is 1. The third kappa shape index (κ3) is 3.67. The summed E-state index contributed by atoms with van der Waals surface area (Å²) in [6.45, 7) is 4.19. The number of carboxylic acids is 1. The molecule has 17 heavy (non-hydrogen) atoms. The zero-order valence-corrected chi connectivity index (χ0v) is 10.2. The first-order valence-corrected chi connectivity index (χ1v) is 5.89. The molecule has 0 aromatic carbocycles. The second kappa shape index (κ2) is 5.97. The smallest absolute Gasteiger partial charge is 0.326 e. The summed E-state index contributed by atoms with van der Waals surface area (Å²) in [6.07, 6.45) is 0.284. The van der Waals surface area contributed by atoms with Crippen molar-refractivity contribution in [3.8, 4) is 0 Å². The van der Waals surface area contributed by atoms with Crippen molar-refractivity contribution in [2.75, 3.05) is 13.1 Å². The van der Waals surface area contributed by atoms with Crippen molar-refractivity contribution < 1.29 is 19.8 Å². The molecule has 1 aliphatic heterocycles. The summed E-state index contributed by atoms with van der Waals surface area (Å²) < 4.78 is 0. The monoisotopic (exact) mass is 244 g/mol. The molecular formula is C11H20N2O4. The van der Waals surface area contributed by atoms with E-state index in [1.807, 2.05) is 13.8 Å². The fraction of sp³-hybridized carbons (Fsp3) is 0.818. The fourth-order valence-electron chi connectivity index (χ4n) is 1.83. The Kier molecular flexibility index (Phi) is 4.89. The van der Waals surface area contributed by atoms with Gasteiger partial charge < -0.3 is 20.4 Å². The van der Waals surface area contributed by atoms with Gasteiger partial charge in [-0.05, 0) is 13.3 Å². The molecule has 1 rings (SSSR count). The van der Waals surface area contributed by atoms with Crippen molar-refractivity contribution in [1.82, 2.24) is 10.2 Å².